The molecule has 0 amide bonds. The summed E-state index contributed by atoms with van der Waals surface area (Å²) < 4.78 is 10.6. The third-order valence-corrected chi connectivity index (χ3v) is 5.19. The Hall–Kier alpha value is -3.44. The lowest BCUT2D eigenvalue weighted by Gasteiger charge is -2.19. The average molecular weight is 407 g/mol. The summed E-state index contributed by atoms with van der Waals surface area (Å²) in [4.78, 5) is 38.2. The van der Waals surface area contributed by atoms with Crippen LogP contribution in [0.25, 0.3) is 0 Å². The van der Waals surface area contributed by atoms with Crippen molar-refractivity contribution in [2.45, 2.75) is 6.61 Å². The molecule has 0 fully saturated rings. The van der Waals surface area contributed by atoms with E-state index in [0.29, 0.717) is 16.9 Å². The molecule has 0 radical (unpaired) electrons. The van der Waals surface area contributed by atoms with Crippen LogP contribution in [0.3, 0.4) is 0 Å². The highest BCUT2D eigenvalue weighted by Crippen LogP contribution is 2.34. The van der Waals surface area contributed by atoms with Gasteiger partial charge in [0.25, 0.3) is 0 Å². The summed E-state index contributed by atoms with van der Waals surface area (Å²) in [6, 6.07) is 16.5. The largest absolute Gasteiger partial charge is 0.496 e. The monoisotopic (exact) mass is 406 g/mol. The van der Waals surface area contributed by atoms with E-state index in [-0.39, 0.29) is 45.4 Å². The Morgan fingerprint density at radius 3 is 2.24 bits per heavy atom. The molecular weight excluding hydrogens is 392 g/mol. The molecule has 1 aliphatic carbocycles. The minimum atomic E-state index is -0.692. The highest BCUT2D eigenvalue weighted by atomic mass is 35.5. The number of carbonyl (C=O) groups is 3. The van der Waals surface area contributed by atoms with Crippen molar-refractivity contribution in [1.82, 2.24) is 0 Å². The van der Waals surface area contributed by atoms with Gasteiger partial charge in [0.15, 0.2) is 11.6 Å². The maximum absolute atomic E-state index is 12.9. The lowest BCUT2D eigenvalue weighted by atomic mass is 9.83. The van der Waals surface area contributed by atoms with Crippen LogP contribution in [0.1, 0.15) is 47.8 Å². The summed E-state index contributed by atoms with van der Waals surface area (Å²) >= 11 is 6.39. The van der Waals surface area contributed by atoms with E-state index >= 15 is 0 Å². The standard InChI is InChI=1S/C23H15ClO5/c1-28-18-9-5-2-6-13(18)12-29-23(27)17-11-10-16-19(20(17)24)22(26)15-8-4-3-7-14(15)21(16)25/h2-11H,12H2,1H3. The molecule has 29 heavy (non-hydrogen) atoms. The van der Waals surface area contributed by atoms with E-state index in [4.69, 9.17) is 21.1 Å². The number of fused-ring (bicyclic) bond motifs is 2. The molecule has 0 spiro atoms. The van der Waals surface area contributed by atoms with E-state index in [2.05, 4.69) is 0 Å². The Bertz CT molecular complexity index is 1170. The van der Waals surface area contributed by atoms with Crippen LogP contribution in [0, 0.1) is 0 Å². The minimum Gasteiger partial charge on any atom is -0.496 e. The molecule has 0 bridgehead atoms. The normalized spacial score (nSPS) is 12.2. The molecule has 0 unspecified atom stereocenters. The first-order chi connectivity index (χ1) is 14.0. The molecule has 6 heteroatoms. The van der Waals surface area contributed by atoms with Gasteiger partial charge in [0.2, 0.25) is 0 Å². The van der Waals surface area contributed by atoms with Crippen LogP contribution < -0.4 is 4.74 Å². The van der Waals surface area contributed by atoms with Gasteiger partial charge in [-0.05, 0) is 18.2 Å². The maximum atomic E-state index is 12.9. The molecule has 0 atom stereocenters. The highest BCUT2D eigenvalue weighted by Gasteiger charge is 2.33. The van der Waals surface area contributed by atoms with Crippen molar-refractivity contribution < 1.29 is 23.9 Å². The molecule has 0 saturated heterocycles. The molecular formula is C23H15ClO5. The number of ketones is 2. The van der Waals surface area contributed by atoms with Crippen molar-refractivity contribution in [3.05, 3.63) is 99.1 Å². The number of para-hydroxylation sites is 1. The van der Waals surface area contributed by atoms with Gasteiger partial charge in [-0.25, -0.2) is 4.79 Å². The van der Waals surface area contributed by atoms with E-state index in [1.165, 1.54) is 19.2 Å². The summed E-state index contributed by atoms with van der Waals surface area (Å²) in [5, 5.41) is -0.0830. The van der Waals surface area contributed by atoms with Crippen LogP contribution in [-0.2, 0) is 11.3 Å². The van der Waals surface area contributed by atoms with Crippen LogP contribution in [0.15, 0.2) is 60.7 Å². The molecule has 3 aromatic carbocycles. The third kappa shape index (κ3) is 3.19. The molecule has 0 N–H and O–H groups in total. The predicted molar refractivity (Wildman–Crippen MR) is 107 cm³/mol. The second-order valence-corrected chi connectivity index (χ2v) is 6.82. The first-order valence-corrected chi connectivity index (χ1v) is 9.20. The lowest BCUT2D eigenvalue weighted by Crippen LogP contribution is -2.22. The van der Waals surface area contributed by atoms with Crippen LogP contribution in [-0.4, -0.2) is 24.6 Å². The number of carbonyl (C=O) groups excluding carboxylic acids is 3. The van der Waals surface area contributed by atoms with Crippen LogP contribution >= 0.6 is 11.6 Å². The molecule has 0 aliphatic heterocycles. The minimum absolute atomic E-state index is 0.0219. The lowest BCUT2D eigenvalue weighted by molar-refractivity contribution is 0.0470. The van der Waals surface area contributed by atoms with Crippen LogP contribution in [0.4, 0.5) is 0 Å². The Kier molecular flexibility index (Phi) is 4.91. The Morgan fingerprint density at radius 1 is 0.862 bits per heavy atom. The average Bonchev–Trinajstić information content (AvgIpc) is 2.75. The first-order valence-electron chi connectivity index (χ1n) is 8.83. The van der Waals surface area contributed by atoms with Gasteiger partial charge in [-0.1, -0.05) is 54.1 Å². The molecule has 3 aromatic rings. The summed E-state index contributed by atoms with van der Waals surface area (Å²) in [6.45, 7) is -0.0219. The smallest absolute Gasteiger partial charge is 0.340 e. The number of halogens is 1. The SMILES string of the molecule is COc1ccccc1COC(=O)c1ccc2c(c1Cl)C(=O)c1ccccc1C2=O. The molecule has 0 aromatic heterocycles. The zero-order valence-corrected chi connectivity index (χ0v) is 16.2. The predicted octanol–water partition coefficient (Wildman–Crippen LogP) is 4.48. The van der Waals surface area contributed by atoms with Crippen molar-refractivity contribution in [3.63, 3.8) is 0 Å². The number of hydrogen-bond acceptors (Lipinski definition) is 5. The molecule has 1 aliphatic rings. The van der Waals surface area contributed by atoms with E-state index in [0.717, 1.165) is 0 Å². The number of ether oxygens (including phenoxy) is 2. The third-order valence-electron chi connectivity index (χ3n) is 4.80. The molecule has 5 nitrogen and oxygen atoms in total. The van der Waals surface area contributed by atoms with Gasteiger partial charge >= 0.3 is 5.97 Å². The van der Waals surface area contributed by atoms with Gasteiger partial charge in [-0.15, -0.1) is 0 Å². The fourth-order valence-electron chi connectivity index (χ4n) is 3.35. The summed E-state index contributed by atoms with van der Waals surface area (Å²) in [6.07, 6.45) is 0. The van der Waals surface area contributed by atoms with Crippen molar-refractivity contribution >= 4 is 29.1 Å². The Morgan fingerprint density at radius 2 is 1.52 bits per heavy atom. The Balaban J connectivity index is 1.66. The van der Waals surface area contributed by atoms with Gasteiger partial charge in [-0.2, -0.15) is 0 Å². The van der Waals surface area contributed by atoms with Crippen LogP contribution in [0.5, 0.6) is 5.75 Å². The number of methoxy groups -OCH3 is 1. The number of esters is 1. The second-order valence-electron chi connectivity index (χ2n) is 6.44. The molecule has 4 rings (SSSR count). The first kappa shape index (κ1) is 18.9. The Labute approximate surface area is 171 Å². The van der Waals surface area contributed by atoms with Gasteiger partial charge in [0.05, 0.1) is 23.3 Å². The van der Waals surface area contributed by atoms with E-state index in [1.54, 1.807) is 42.5 Å². The molecule has 144 valence electrons. The fraction of sp³-hybridized carbons (Fsp3) is 0.0870. The van der Waals surface area contributed by atoms with Crippen molar-refractivity contribution in [1.29, 1.82) is 0 Å². The number of rotatable bonds is 4. The second kappa shape index (κ2) is 7.53. The van der Waals surface area contributed by atoms with Crippen molar-refractivity contribution in [3.8, 4) is 5.75 Å². The number of benzene rings is 3. The van der Waals surface area contributed by atoms with Gasteiger partial charge in [-0.3, -0.25) is 9.59 Å². The fourth-order valence-corrected chi connectivity index (χ4v) is 3.67. The topological polar surface area (TPSA) is 69.7 Å². The van der Waals surface area contributed by atoms with Crippen LogP contribution in [0.2, 0.25) is 5.02 Å². The summed E-state index contributed by atoms with van der Waals surface area (Å²) in [5.41, 5.74) is 1.53. The van der Waals surface area contributed by atoms with Gasteiger partial charge in [0, 0.05) is 22.3 Å². The highest BCUT2D eigenvalue weighted by molar-refractivity contribution is 6.41. The zero-order chi connectivity index (χ0) is 20.5. The van der Waals surface area contributed by atoms with E-state index < -0.39 is 5.97 Å². The maximum Gasteiger partial charge on any atom is 0.340 e. The summed E-state index contributed by atoms with van der Waals surface area (Å²) in [7, 11) is 1.53. The van der Waals surface area contributed by atoms with Crippen molar-refractivity contribution in [2.24, 2.45) is 0 Å². The number of hydrogen-bond donors (Lipinski definition) is 0. The summed E-state index contributed by atoms with van der Waals surface area (Å²) in [5.74, 6) is -0.789. The zero-order valence-electron chi connectivity index (χ0n) is 15.4. The quantitative estimate of drug-likeness (QED) is 0.467. The molecule has 0 heterocycles. The van der Waals surface area contributed by atoms with E-state index in [9.17, 15) is 14.4 Å². The van der Waals surface area contributed by atoms with Crippen molar-refractivity contribution in [2.75, 3.05) is 7.11 Å². The molecule has 0 saturated carbocycles. The van der Waals surface area contributed by atoms with Gasteiger partial charge in [0.1, 0.15) is 12.4 Å². The van der Waals surface area contributed by atoms with Gasteiger partial charge < -0.3 is 9.47 Å². The van der Waals surface area contributed by atoms with E-state index in [1.807, 2.05) is 6.07 Å².